The molecule has 206 valence electrons. The highest BCUT2D eigenvalue weighted by atomic mass is 31.1. The van der Waals surface area contributed by atoms with Gasteiger partial charge in [0.15, 0.2) is 0 Å². The lowest BCUT2D eigenvalue weighted by Gasteiger charge is -2.22. The molecule has 1 aliphatic rings. The minimum Gasteiger partial charge on any atom is -0.492 e. The molecule has 2 heterocycles. The van der Waals surface area contributed by atoms with Gasteiger partial charge < -0.3 is 15.2 Å². The van der Waals surface area contributed by atoms with E-state index in [-0.39, 0.29) is 0 Å². The summed E-state index contributed by atoms with van der Waals surface area (Å²) in [6.45, 7) is 16.8. The molecule has 0 spiro atoms. The van der Waals surface area contributed by atoms with Crippen LogP contribution in [0.25, 0.3) is 0 Å². The summed E-state index contributed by atoms with van der Waals surface area (Å²) in [4.78, 5) is 15.9. The lowest BCUT2D eigenvalue weighted by molar-refractivity contribution is -0.128. The summed E-state index contributed by atoms with van der Waals surface area (Å²) in [6, 6.07) is 8.99. The third kappa shape index (κ3) is 12.1. The Bertz CT molecular complexity index is 936. The van der Waals surface area contributed by atoms with Gasteiger partial charge in [-0.3, -0.25) is 14.7 Å². The van der Waals surface area contributed by atoms with Gasteiger partial charge in [-0.05, 0) is 73.8 Å². The zero-order valence-corrected chi connectivity index (χ0v) is 24.8. The molecule has 0 saturated carbocycles. The number of carbonyl (C=O) groups excluding carboxylic acids is 1. The molecule has 0 aliphatic carbocycles. The Hall–Kier alpha value is -2.43. The standard InChI is InChI=1S/C25H36N3OP.C3H6O2.C2H6/c1-4-20(8-9-24(26)18-30-5-2)21-7-6-19(3)22(14-21)16-28-12-13-29-25-10-11-27-15-23(25)17-28;1-2-5-3-4;1-2/h6-7,10-11,14-15,18,20,30H,4-5,8-9,12-13,16-17,26H2,1-3H3;3H,2H2,1H3;1-2H3/b24-18-;;. The third-order valence-electron chi connectivity index (χ3n) is 6.16. The zero-order valence-electron chi connectivity index (χ0n) is 23.8. The summed E-state index contributed by atoms with van der Waals surface area (Å²) in [5.41, 5.74) is 12.7. The largest absolute Gasteiger partial charge is 0.492 e. The SMILES string of the molecule is CC.CCOC=O.CCP/C=C(\N)CCC(CC)c1ccc(C)c(CN2CCOc3ccncc3C2)c1. The monoisotopic (exact) mass is 529 g/mol. The van der Waals surface area contributed by atoms with Crippen molar-refractivity contribution in [3.05, 3.63) is 70.4 Å². The van der Waals surface area contributed by atoms with E-state index < -0.39 is 0 Å². The number of nitrogens with two attached hydrogens (primary N) is 1. The minimum atomic E-state index is 0.431. The molecule has 37 heavy (non-hydrogen) atoms. The summed E-state index contributed by atoms with van der Waals surface area (Å²) in [5.74, 6) is 3.75. The number of nitrogens with zero attached hydrogens (tertiary/aromatic N) is 2. The third-order valence-corrected chi connectivity index (χ3v) is 7.14. The number of rotatable bonds is 11. The second kappa shape index (κ2) is 19.7. The number of pyridine rings is 1. The van der Waals surface area contributed by atoms with Crippen molar-refractivity contribution in [1.82, 2.24) is 9.88 Å². The molecule has 2 unspecified atom stereocenters. The number of allylic oxidation sites excluding steroid dienone is 1. The number of aromatic nitrogens is 1. The normalized spacial score (nSPS) is 14.3. The van der Waals surface area contributed by atoms with E-state index in [1.165, 1.54) is 28.4 Å². The fraction of sp³-hybridized carbons (Fsp3) is 0.533. The van der Waals surface area contributed by atoms with Crippen molar-refractivity contribution in [2.24, 2.45) is 5.73 Å². The fourth-order valence-electron chi connectivity index (χ4n) is 4.09. The number of hydrogen-bond acceptors (Lipinski definition) is 6. The van der Waals surface area contributed by atoms with Gasteiger partial charge in [-0.1, -0.05) is 54.5 Å². The summed E-state index contributed by atoms with van der Waals surface area (Å²) in [7, 11) is 0.844. The highest BCUT2D eigenvalue weighted by molar-refractivity contribution is 7.41. The molecule has 1 aromatic carbocycles. The predicted molar refractivity (Wildman–Crippen MR) is 157 cm³/mol. The molecule has 0 saturated heterocycles. The van der Waals surface area contributed by atoms with Gasteiger partial charge in [0.2, 0.25) is 0 Å². The highest BCUT2D eigenvalue weighted by Crippen LogP contribution is 2.29. The van der Waals surface area contributed by atoms with Gasteiger partial charge in [-0.15, -0.1) is 0 Å². The highest BCUT2D eigenvalue weighted by Gasteiger charge is 2.17. The van der Waals surface area contributed by atoms with Crippen LogP contribution in [0.15, 0.2) is 48.2 Å². The van der Waals surface area contributed by atoms with Crippen LogP contribution in [0.5, 0.6) is 5.75 Å². The van der Waals surface area contributed by atoms with Crippen molar-refractivity contribution in [2.45, 2.75) is 79.8 Å². The van der Waals surface area contributed by atoms with E-state index in [1.807, 2.05) is 26.1 Å². The number of aryl methyl sites for hydroxylation is 1. The van der Waals surface area contributed by atoms with E-state index in [0.717, 1.165) is 65.5 Å². The van der Waals surface area contributed by atoms with E-state index in [4.69, 9.17) is 10.5 Å². The Morgan fingerprint density at radius 3 is 2.70 bits per heavy atom. The lowest BCUT2D eigenvalue weighted by Crippen LogP contribution is -2.25. The van der Waals surface area contributed by atoms with Crippen LogP contribution in [0.3, 0.4) is 0 Å². The van der Waals surface area contributed by atoms with Crippen LogP contribution in [0, 0.1) is 6.92 Å². The van der Waals surface area contributed by atoms with Gasteiger partial charge in [0.1, 0.15) is 12.4 Å². The van der Waals surface area contributed by atoms with Gasteiger partial charge >= 0.3 is 0 Å². The maximum absolute atomic E-state index is 9.18. The first-order valence-electron chi connectivity index (χ1n) is 13.6. The van der Waals surface area contributed by atoms with Gasteiger partial charge in [0.25, 0.3) is 6.47 Å². The molecule has 2 N–H and O–H groups in total. The second-order valence-corrected chi connectivity index (χ2v) is 10.1. The van der Waals surface area contributed by atoms with Crippen LogP contribution in [-0.2, 0) is 22.6 Å². The Kier molecular flexibility index (Phi) is 17.3. The van der Waals surface area contributed by atoms with Gasteiger partial charge in [-0.2, -0.15) is 0 Å². The molecule has 1 aromatic heterocycles. The Morgan fingerprint density at radius 2 is 2.05 bits per heavy atom. The number of hydrogen-bond donors (Lipinski definition) is 1. The van der Waals surface area contributed by atoms with Crippen LogP contribution >= 0.6 is 8.58 Å². The molecule has 2 atom stereocenters. The maximum Gasteiger partial charge on any atom is 0.293 e. The fourth-order valence-corrected chi connectivity index (χ4v) is 4.70. The van der Waals surface area contributed by atoms with Crippen LogP contribution in [0.1, 0.15) is 82.1 Å². The van der Waals surface area contributed by atoms with Crippen molar-refractivity contribution in [3.63, 3.8) is 0 Å². The number of fused-ring (bicyclic) bond motifs is 1. The smallest absolute Gasteiger partial charge is 0.293 e. The molecule has 2 aromatic rings. The van der Waals surface area contributed by atoms with E-state index in [0.29, 0.717) is 19.0 Å². The van der Waals surface area contributed by atoms with Crippen molar-refractivity contribution in [2.75, 3.05) is 25.9 Å². The first-order valence-corrected chi connectivity index (χ1v) is 14.9. The molecule has 0 bridgehead atoms. The molecule has 1 aliphatic heterocycles. The van der Waals surface area contributed by atoms with E-state index >= 15 is 0 Å². The zero-order chi connectivity index (χ0) is 27.5. The van der Waals surface area contributed by atoms with Crippen LogP contribution in [0.2, 0.25) is 0 Å². The predicted octanol–water partition coefficient (Wildman–Crippen LogP) is 6.76. The summed E-state index contributed by atoms with van der Waals surface area (Å²) < 4.78 is 10.1. The van der Waals surface area contributed by atoms with Gasteiger partial charge in [0.05, 0.1) is 6.61 Å². The number of ether oxygens (including phenoxy) is 2. The van der Waals surface area contributed by atoms with Crippen molar-refractivity contribution in [1.29, 1.82) is 0 Å². The summed E-state index contributed by atoms with van der Waals surface area (Å²) in [6.07, 6.45) is 8.16. The van der Waals surface area contributed by atoms with Gasteiger partial charge in [-0.25, -0.2) is 0 Å². The molecule has 0 radical (unpaired) electrons. The molecule has 0 fully saturated rings. The van der Waals surface area contributed by atoms with Crippen LogP contribution < -0.4 is 10.5 Å². The average Bonchev–Trinajstić information content (AvgIpc) is 3.13. The average molecular weight is 530 g/mol. The van der Waals surface area contributed by atoms with Gasteiger partial charge in [0, 0.05) is 43.3 Å². The van der Waals surface area contributed by atoms with Crippen LogP contribution in [0.4, 0.5) is 0 Å². The van der Waals surface area contributed by atoms with E-state index in [2.05, 4.69) is 59.4 Å². The molecule has 7 heteroatoms. The van der Waals surface area contributed by atoms with Crippen LogP contribution in [-0.4, -0.2) is 42.3 Å². The van der Waals surface area contributed by atoms with E-state index in [1.54, 1.807) is 13.1 Å². The number of carbonyl (C=O) groups is 1. The minimum absolute atomic E-state index is 0.431. The van der Waals surface area contributed by atoms with Crippen molar-refractivity contribution in [3.8, 4) is 5.75 Å². The Labute approximate surface area is 226 Å². The van der Waals surface area contributed by atoms with Crippen molar-refractivity contribution < 1.29 is 14.3 Å². The molecule has 3 rings (SSSR count). The molecule has 0 amide bonds. The lowest BCUT2D eigenvalue weighted by atomic mass is 9.89. The topological polar surface area (TPSA) is 77.7 Å². The van der Waals surface area contributed by atoms with E-state index in [9.17, 15) is 4.79 Å². The summed E-state index contributed by atoms with van der Waals surface area (Å²) >= 11 is 0. The molecular formula is C30H48N3O3P. The van der Waals surface area contributed by atoms with Crippen molar-refractivity contribution >= 4 is 15.1 Å². The second-order valence-electron chi connectivity index (χ2n) is 8.70. The Balaban J connectivity index is 0.000000874. The maximum atomic E-state index is 9.18. The summed E-state index contributed by atoms with van der Waals surface area (Å²) in [5, 5.41) is 0. The molecule has 6 nitrogen and oxygen atoms in total. The first kappa shape index (κ1) is 32.6. The Morgan fingerprint density at radius 1 is 1.27 bits per heavy atom. The molecular weight excluding hydrogens is 481 g/mol. The number of benzene rings is 1. The first-order chi connectivity index (χ1) is 18.0. The quantitative estimate of drug-likeness (QED) is 0.256.